The molecule has 0 amide bonds. The van der Waals surface area contributed by atoms with Crippen LogP contribution in [0, 0.1) is 0 Å². The highest BCUT2D eigenvalue weighted by Gasteiger charge is 2.26. The van der Waals surface area contributed by atoms with E-state index in [0.29, 0.717) is 0 Å². The van der Waals surface area contributed by atoms with E-state index in [1.54, 1.807) is 0 Å². The van der Waals surface area contributed by atoms with Crippen LogP contribution in [0.3, 0.4) is 0 Å². The maximum atomic E-state index is 9.55. The maximum absolute atomic E-state index is 9.55. The molecule has 1 heterocycles. The van der Waals surface area contributed by atoms with Crippen LogP contribution in [0.5, 0.6) is 0 Å². The van der Waals surface area contributed by atoms with Crippen LogP contribution in [0.1, 0.15) is 39.5 Å². The Balaban J connectivity index is 2.60. The average molecular weight is 201 g/mol. The van der Waals surface area contributed by atoms with E-state index >= 15 is 0 Å². The normalized spacial score (nSPS) is 29.6. The van der Waals surface area contributed by atoms with Gasteiger partial charge in [0.1, 0.15) is 0 Å². The molecular formula is C11H23NO2. The number of hydrogen-bond donors (Lipinski definition) is 2. The Bertz CT molecular complexity index is 161. The molecule has 1 rings (SSSR count). The smallest absolute Gasteiger partial charge is 0.0664 e. The molecule has 0 bridgehead atoms. The molecule has 14 heavy (non-hydrogen) atoms. The molecule has 0 aromatic rings. The zero-order valence-electron chi connectivity index (χ0n) is 9.32. The van der Waals surface area contributed by atoms with Gasteiger partial charge in [-0.3, -0.25) is 4.90 Å². The van der Waals surface area contributed by atoms with E-state index in [0.717, 1.165) is 13.0 Å². The fraction of sp³-hybridized carbons (Fsp3) is 1.00. The fourth-order valence-electron chi connectivity index (χ4n) is 2.21. The van der Waals surface area contributed by atoms with Gasteiger partial charge in [0.25, 0.3) is 0 Å². The quantitative estimate of drug-likeness (QED) is 0.716. The number of hydrogen-bond acceptors (Lipinski definition) is 3. The van der Waals surface area contributed by atoms with Gasteiger partial charge in [0.2, 0.25) is 0 Å². The molecule has 3 heteroatoms. The summed E-state index contributed by atoms with van der Waals surface area (Å²) in [5, 5.41) is 18.8. The van der Waals surface area contributed by atoms with Crippen molar-refractivity contribution in [2.75, 3.05) is 13.2 Å². The van der Waals surface area contributed by atoms with Crippen molar-refractivity contribution >= 4 is 0 Å². The predicted molar refractivity (Wildman–Crippen MR) is 57.2 cm³/mol. The third-order valence-electron chi connectivity index (χ3n) is 3.35. The summed E-state index contributed by atoms with van der Waals surface area (Å²) < 4.78 is 0. The lowest BCUT2D eigenvalue weighted by molar-refractivity contribution is 0.0250. The summed E-state index contributed by atoms with van der Waals surface area (Å²) in [5.74, 6) is 0. The number of likely N-dealkylation sites (tertiary alicyclic amines) is 1. The summed E-state index contributed by atoms with van der Waals surface area (Å²) in [6.45, 7) is 5.09. The van der Waals surface area contributed by atoms with Gasteiger partial charge in [-0.2, -0.15) is 0 Å². The second-order valence-electron chi connectivity index (χ2n) is 4.40. The molecule has 3 atom stereocenters. The molecule has 0 aromatic carbocycles. The van der Waals surface area contributed by atoms with Gasteiger partial charge in [0, 0.05) is 12.1 Å². The zero-order valence-corrected chi connectivity index (χ0v) is 9.32. The van der Waals surface area contributed by atoms with Gasteiger partial charge in [0.05, 0.1) is 12.7 Å². The first-order valence-corrected chi connectivity index (χ1v) is 5.71. The van der Waals surface area contributed by atoms with Crippen molar-refractivity contribution in [2.24, 2.45) is 0 Å². The molecule has 0 aromatic heterocycles. The van der Waals surface area contributed by atoms with Crippen LogP contribution in [-0.4, -0.2) is 46.5 Å². The topological polar surface area (TPSA) is 43.7 Å². The van der Waals surface area contributed by atoms with E-state index < -0.39 is 0 Å². The molecule has 3 unspecified atom stereocenters. The molecule has 1 saturated heterocycles. The molecule has 1 aliphatic heterocycles. The third kappa shape index (κ3) is 2.94. The molecule has 1 fully saturated rings. The van der Waals surface area contributed by atoms with E-state index in [2.05, 4.69) is 4.90 Å². The first-order chi connectivity index (χ1) is 6.66. The van der Waals surface area contributed by atoms with Gasteiger partial charge in [0.15, 0.2) is 0 Å². The predicted octanol–water partition coefficient (Wildman–Crippen LogP) is 0.993. The Kier molecular flexibility index (Phi) is 4.85. The molecule has 2 N–H and O–H groups in total. The lowest BCUT2D eigenvalue weighted by Crippen LogP contribution is -2.47. The fourth-order valence-corrected chi connectivity index (χ4v) is 2.21. The van der Waals surface area contributed by atoms with Crippen LogP contribution in [0.15, 0.2) is 0 Å². The van der Waals surface area contributed by atoms with Gasteiger partial charge in [-0.15, -0.1) is 0 Å². The molecule has 1 aliphatic rings. The second-order valence-corrected chi connectivity index (χ2v) is 4.40. The Morgan fingerprint density at radius 2 is 2.00 bits per heavy atom. The first-order valence-electron chi connectivity index (χ1n) is 5.71. The van der Waals surface area contributed by atoms with Gasteiger partial charge in [-0.05, 0) is 33.2 Å². The summed E-state index contributed by atoms with van der Waals surface area (Å²) in [7, 11) is 0. The number of aliphatic hydroxyl groups excluding tert-OH is 2. The van der Waals surface area contributed by atoms with E-state index in [1.165, 1.54) is 19.3 Å². The number of rotatable bonds is 3. The van der Waals surface area contributed by atoms with Gasteiger partial charge in [-0.25, -0.2) is 0 Å². The molecule has 84 valence electrons. The average Bonchev–Trinajstić information content (AvgIpc) is 2.40. The summed E-state index contributed by atoms with van der Waals surface area (Å²) >= 11 is 0. The Hall–Kier alpha value is -0.120. The van der Waals surface area contributed by atoms with Crippen LogP contribution in [0.2, 0.25) is 0 Å². The van der Waals surface area contributed by atoms with Gasteiger partial charge in [-0.1, -0.05) is 12.8 Å². The van der Waals surface area contributed by atoms with Crippen molar-refractivity contribution in [3.63, 3.8) is 0 Å². The van der Waals surface area contributed by atoms with Crippen LogP contribution in [0.4, 0.5) is 0 Å². The van der Waals surface area contributed by atoms with Crippen LogP contribution in [0.25, 0.3) is 0 Å². The summed E-state index contributed by atoms with van der Waals surface area (Å²) in [4.78, 5) is 2.26. The van der Waals surface area contributed by atoms with E-state index in [9.17, 15) is 10.2 Å². The summed E-state index contributed by atoms with van der Waals surface area (Å²) in [5.41, 5.74) is 0. The van der Waals surface area contributed by atoms with Crippen molar-refractivity contribution in [3.8, 4) is 0 Å². The summed E-state index contributed by atoms with van der Waals surface area (Å²) in [6, 6.07) is 0.410. The number of nitrogens with zero attached hydrogens (tertiary/aromatic N) is 1. The summed E-state index contributed by atoms with van der Waals surface area (Å²) in [6.07, 6.45) is 4.39. The van der Waals surface area contributed by atoms with Crippen molar-refractivity contribution in [3.05, 3.63) is 0 Å². The van der Waals surface area contributed by atoms with E-state index in [4.69, 9.17) is 0 Å². The standard InChI is InChI=1S/C11H23NO2/c1-9(10(2)14)12-7-5-3-4-6-11(12)8-13/h9-11,13-14H,3-8H2,1-2H3. The minimum atomic E-state index is -0.317. The highest BCUT2D eigenvalue weighted by Crippen LogP contribution is 2.20. The lowest BCUT2D eigenvalue weighted by atomic mass is 10.1. The third-order valence-corrected chi connectivity index (χ3v) is 3.35. The van der Waals surface area contributed by atoms with E-state index in [-0.39, 0.29) is 24.8 Å². The second kappa shape index (κ2) is 5.69. The van der Waals surface area contributed by atoms with Gasteiger partial charge < -0.3 is 10.2 Å². The zero-order chi connectivity index (χ0) is 10.6. The minimum Gasteiger partial charge on any atom is -0.395 e. The van der Waals surface area contributed by atoms with Crippen molar-refractivity contribution in [1.82, 2.24) is 4.90 Å². The Morgan fingerprint density at radius 1 is 1.29 bits per heavy atom. The monoisotopic (exact) mass is 201 g/mol. The number of aliphatic hydroxyl groups is 2. The molecular weight excluding hydrogens is 178 g/mol. The van der Waals surface area contributed by atoms with Crippen molar-refractivity contribution < 1.29 is 10.2 Å². The Labute approximate surface area is 86.7 Å². The minimum absolute atomic E-state index is 0.158. The lowest BCUT2D eigenvalue weighted by Gasteiger charge is -2.35. The largest absolute Gasteiger partial charge is 0.395 e. The molecule has 0 aliphatic carbocycles. The van der Waals surface area contributed by atoms with Gasteiger partial charge >= 0.3 is 0 Å². The highest BCUT2D eigenvalue weighted by atomic mass is 16.3. The molecule has 0 radical (unpaired) electrons. The first kappa shape index (κ1) is 12.0. The maximum Gasteiger partial charge on any atom is 0.0664 e. The van der Waals surface area contributed by atoms with Crippen LogP contribution < -0.4 is 0 Å². The van der Waals surface area contributed by atoms with Crippen LogP contribution >= 0.6 is 0 Å². The molecule has 0 saturated carbocycles. The Morgan fingerprint density at radius 3 is 2.57 bits per heavy atom. The molecule has 3 nitrogen and oxygen atoms in total. The van der Waals surface area contributed by atoms with Crippen molar-refractivity contribution in [2.45, 2.75) is 57.7 Å². The van der Waals surface area contributed by atoms with Crippen molar-refractivity contribution in [1.29, 1.82) is 0 Å². The molecule has 0 spiro atoms. The van der Waals surface area contributed by atoms with E-state index in [1.807, 2.05) is 13.8 Å². The van der Waals surface area contributed by atoms with Crippen LogP contribution in [-0.2, 0) is 0 Å². The highest BCUT2D eigenvalue weighted by molar-refractivity contribution is 4.81. The SMILES string of the molecule is CC(O)C(C)N1CCCCCC1CO.